The lowest BCUT2D eigenvalue weighted by atomic mass is 9.85. The summed E-state index contributed by atoms with van der Waals surface area (Å²) in [5.41, 5.74) is 0.742. The number of aromatic carboxylic acids is 1. The summed E-state index contributed by atoms with van der Waals surface area (Å²) < 4.78 is 4.90. The molecule has 112 valence electrons. The highest BCUT2D eigenvalue weighted by Gasteiger charge is 2.39. The molecule has 5 heteroatoms. The number of carbonyl (C=O) groups is 2. The van der Waals surface area contributed by atoms with E-state index in [1.54, 1.807) is 24.3 Å². The first-order chi connectivity index (χ1) is 10.1. The van der Waals surface area contributed by atoms with Crippen LogP contribution in [0.2, 0.25) is 0 Å². The second-order valence-corrected chi connectivity index (χ2v) is 5.26. The van der Waals surface area contributed by atoms with Crippen LogP contribution in [0.1, 0.15) is 28.8 Å². The Morgan fingerprint density at radius 2 is 1.86 bits per heavy atom. The van der Waals surface area contributed by atoms with Crippen molar-refractivity contribution in [1.82, 2.24) is 5.32 Å². The van der Waals surface area contributed by atoms with Crippen molar-refractivity contribution in [3.63, 3.8) is 0 Å². The van der Waals surface area contributed by atoms with Crippen molar-refractivity contribution >= 4 is 11.9 Å². The number of esters is 1. The van der Waals surface area contributed by atoms with Crippen LogP contribution in [0, 0.1) is 5.41 Å². The Morgan fingerprint density at radius 3 is 2.38 bits per heavy atom. The molecule has 0 amide bonds. The van der Waals surface area contributed by atoms with Gasteiger partial charge in [-0.2, -0.15) is 0 Å². The molecule has 0 aromatic heterocycles. The fraction of sp³-hybridized carbons (Fsp3) is 0.375. The molecule has 1 aliphatic carbocycles. The molecule has 5 nitrogen and oxygen atoms in total. The first kappa shape index (κ1) is 15.3. The van der Waals surface area contributed by atoms with Crippen molar-refractivity contribution in [2.45, 2.75) is 19.4 Å². The highest BCUT2D eigenvalue weighted by Crippen LogP contribution is 2.33. The standard InChI is InChI=1S/C16H19NO4/c1-21-15(20)16(8-2-3-9-16)11-17-10-12-4-6-13(7-5-12)14(18)19/h2-7,17H,8-11H2,1H3,(H,18,19). The molecule has 21 heavy (non-hydrogen) atoms. The zero-order valence-corrected chi connectivity index (χ0v) is 12.0. The Hall–Kier alpha value is -2.14. The van der Waals surface area contributed by atoms with E-state index in [0.717, 1.165) is 5.56 Å². The van der Waals surface area contributed by atoms with E-state index in [1.807, 2.05) is 12.2 Å². The molecule has 0 bridgehead atoms. The van der Waals surface area contributed by atoms with Gasteiger partial charge in [-0.15, -0.1) is 0 Å². The first-order valence-electron chi connectivity index (χ1n) is 6.84. The van der Waals surface area contributed by atoms with Crippen LogP contribution >= 0.6 is 0 Å². The van der Waals surface area contributed by atoms with Crippen LogP contribution in [0.25, 0.3) is 0 Å². The zero-order valence-electron chi connectivity index (χ0n) is 12.0. The Labute approximate surface area is 123 Å². The first-order valence-corrected chi connectivity index (χ1v) is 6.84. The number of benzene rings is 1. The number of methoxy groups -OCH3 is 1. The molecule has 0 unspecified atom stereocenters. The topological polar surface area (TPSA) is 75.6 Å². The van der Waals surface area contributed by atoms with Crippen molar-refractivity contribution in [2.75, 3.05) is 13.7 Å². The quantitative estimate of drug-likeness (QED) is 0.618. The number of carboxylic acid groups (broad SMARTS) is 1. The second-order valence-electron chi connectivity index (χ2n) is 5.26. The predicted octanol–water partition coefficient (Wildman–Crippen LogP) is 1.98. The van der Waals surface area contributed by atoms with Crippen molar-refractivity contribution in [1.29, 1.82) is 0 Å². The molecule has 1 aliphatic rings. The monoisotopic (exact) mass is 289 g/mol. The van der Waals surface area contributed by atoms with Crippen LogP contribution in [0.5, 0.6) is 0 Å². The van der Waals surface area contributed by atoms with Gasteiger partial charge in [0.15, 0.2) is 0 Å². The molecule has 2 N–H and O–H groups in total. The van der Waals surface area contributed by atoms with Gasteiger partial charge in [0.2, 0.25) is 0 Å². The zero-order chi connectivity index (χ0) is 15.3. The summed E-state index contributed by atoms with van der Waals surface area (Å²) in [6.07, 6.45) is 5.37. The minimum Gasteiger partial charge on any atom is -0.478 e. The third-order valence-electron chi connectivity index (χ3n) is 3.80. The molecule has 0 atom stereocenters. The van der Waals surface area contributed by atoms with E-state index in [0.29, 0.717) is 25.9 Å². The smallest absolute Gasteiger partial charge is 0.335 e. The summed E-state index contributed by atoms with van der Waals surface area (Å²) in [5.74, 6) is -1.13. The highest BCUT2D eigenvalue weighted by molar-refractivity contribution is 5.87. The van der Waals surface area contributed by atoms with Gasteiger partial charge in [-0.25, -0.2) is 4.79 Å². The number of carbonyl (C=O) groups excluding carboxylic acids is 1. The number of hydrogen-bond acceptors (Lipinski definition) is 4. The molecule has 0 fully saturated rings. The Balaban J connectivity index is 1.91. The number of allylic oxidation sites excluding steroid dienone is 2. The lowest BCUT2D eigenvalue weighted by Crippen LogP contribution is -2.39. The number of hydrogen-bond donors (Lipinski definition) is 2. The van der Waals surface area contributed by atoms with Crippen molar-refractivity contribution in [3.8, 4) is 0 Å². The molecule has 0 saturated carbocycles. The number of ether oxygens (including phenoxy) is 1. The third-order valence-corrected chi connectivity index (χ3v) is 3.80. The molecule has 0 spiro atoms. The van der Waals surface area contributed by atoms with Gasteiger partial charge in [0.05, 0.1) is 18.1 Å². The maximum Gasteiger partial charge on any atom is 0.335 e. The number of carboxylic acids is 1. The molecular formula is C16H19NO4. The molecule has 0 radical (unpaired) electrons. The van der Waals surface area contributed by atoms with Crippen LogP contribution in [-0.4, -0.2) is 30.7 Å². The molecule has 1 aromatic rings. The van der Waals surface area contributed by atoms with E-state index in [-0.39, 0.29) is 11.5 Å². The molecule has 0 aliphatic heterocycles. The lowest BCUT2D eigenvalue weighted by molar-refractivity contribution is -0.151. The number of rotatable bonds is 6. The highest BCUT2D eigenvalue weighted by atomic mass is 16.5. The number of nitrogens with one attached hydrogen (secondary N) is 1. The van der Waals surface area contributed by atoms with E-state index in [9.17, 15) is 9.59 Å². The van der Waals surface area contributed by atoms with Crippen LogP contribution in [0.4, 0.5) is 0 Å². The van der Waals surface area contributed by atoms with Gasteiger partial charge < -0.3 is 15.2 Å². The van der Waals surface area contributed by atoms with E-state index < -0.39 is 11.4 Å². The fourth-order valence-electron chi connectivity index (χ4n) is 2.51. The molecular weight excluding hydrogens is 270 g/mol. The predicted molar refractivity (Wildman–Crippen MR) is 77.9 cm³/mol. The van der Waals surface area contributed by atoms with E-state index in [2.05, 4.69) is 5.32 Å². The lowest BCUT2D eigenvalue weighted by Gasteiger charge is -2.26. The van der Waals surface area contributed by atoms with Crippen molar-refractivity contribution in [2.24, 2.45) is 5.41 Å². The van der Waals surface area contributed by atoms with Crippen LogP contribution < -0.4 is 5.32 Å². The summed E-state index contributed by atoms with van der Waals surface area (Å²) >= 11 is 0. The normalized spacial score (nSPS) is 15.9. The Morgan fingerprint density at radius 1 is 1.24 bits per heavy atom. The minimum absolute atomic E-state index is 0.193. The maximum atomic E-state index is 11.9. The summed E-state index contributed by atoms with van der Waals surface area (Å²) in [5, 5.41) is 12.1. The van der Waals surface area contributed by atoms with Crippen molar-refractivity contribution in [3.05, 3.63) is 47.5 Å². The largest absolute Gasteiger partial charge is 0.478 e. The average molecular weight is 289 g/mol. The van der Waals surface area contributed by atoms with Gasteiger partial charge in [-0.1, -0.05) is 24.3 Å². The summed E-state index contributed by atoms with van der Waals surface area (Å²) in [6, 6.07) is 6.70. The van der Waals surface area contributed by atoms with Crippen molar-refractivity contribution < 1.29 is 19.4 Å². The van der Waals surface area contributed by atoms with Crippen LogP contribution in [0.15, 0.2) is 36.4 Å². The summed E-state index contributed by atoms with van der Waals surface area (Å²) in [7, 11) is 1.41. The molecule has 0 heterocycles. The van der Waals surface area contributed by atoms with E-state index in [4.69, 9.17) is 9.84 Å². The van der Waals surface area contributed by atoms with E-state index in [1.165, 1.54) is 7.11 Å². The summed E-state index contributed by atoms with van der Waals surface area (Å²) in [6.45, 7) is 1.12. The van der Waals surface area contributed by atoms with E-state index >= 15 is 0 Å². The molecule has 0 saturated heterocycles. The molecule has 2 rings (SSSR count). The van der Waals surface area contributed by atoms with Gasteiger partial charge in [-0.05, 0) is 30.5 Å². The maximum absolute atomic E-state index is 11.9. The minimum atomic E-state index is -0.934. The SMILES string of the molecule is COC(=O)C1(CNCc2ccc(C(=O)O)cc2)CC=CC1. The Bertz CT molecular complexity index is 540. The fourth-order valence-corrected chi connectivity index (χ4v) is 2.51. The average Bonchev–Trinajstić information content (AvgIpc) is 2.97. The Kier molecular flexibility index (Phi) is 4.75. The van der Waals surface area contributed by atoms with Gasteiger partial charge in [-0.3, -0.25) is 4.79 Å². The third kappa shape index (κ3) is 3.49. The second kappa shape index (κ2) is 6.54. The van der Waals surface area contributed by atoms with Gasteiger partial charge >= 0.3 is 11.9 Å². The van der Waals surface area contributed by atoms with Crippen LogP contribution in [0.3, 0.4) is 0 Å². The molecule has 1 aromatic carbocycles. The van der Waals surface area contributed by atoms with Gasteiger partial charge in [0.1, 0.15) is 0 Å². The van der Waals surface area contributed by atoms with Gasteiger partial charge in [0.25, 0.3) is 0 Å². The van der Waals surface area contributed by atoms with Crippen LogP contribution in [-0.2, 0) is 16.1 Å². The van der Waals surface area contributed by atoms with Gasteiger partial charge in [0, 0.05) is 13.1 Å². The summed E-state index contributed by atoms with van der Waals surface area (Å²) in [4.78, 5) is 22.7.